The molecule has 12 heteroatoms. The third kappa shape index (κ3) is 17.5. The van der Waals surface area contributed by atoms with Crippen molar-refractivity contribution in [2.24, 2.45) is 0 Å². The van der Waals surface area contributed by atoms with Crippen LogP contribution in [0.25, 0.3) is 12.2 Å². The zero-order valence-electron chi connectivity index (χ0n) is 32.6. The first-order valence-electron chi connectivity index (χ1n) is 17.9. The lowest BCUT2D eigenvalue weighted by atomic mass is 10.0. The van der Waals surface area contributed by atoms with E-state index >= 15 is 0 Å². The number of hydrogen-bond donors (Lipinski definition) is 0. The summed E-state index contributed by atoms with van der Waals surface area (Å²) in [5.74, 6) is -0.789. The van der Waals surface area contributed by atoms with Gasteiger partial charge in [0.15, 0.2) is 0 Å². The molecule has 4 rings (SSSR count). The molecule has 0 aliphatic carbocycles. The number of piperidine rings is 1. The Kier molecular flexibility index (Phi) is 19.4. The van der Waals surface area contributed by atoms with E-state index in [0.717, 1.165) is 23.7 Å². The molecule has 0 bridgehead atoms. The Labute approximate surface area is 324 Å². The molecule has 53 heavy (non-hydrogen) atoms. The van der Waals surface area contributed by atoms with Gasteiger partial charge in [-0.05, 0) is 71.9 Å². The van der Waals surface area contributed by atoms with Gasteiger partial charge in [0.25, 0.3) is 0 Å². The number of benzene rings is 2. The van der Waals surface area contributed by atoms with Crippen molar-refractivity contribution in [2.75, 3.05) is 52.3 Å². The van der Waals surface area contributed by atoms with Crippen molar-refractivity contribution < 1.29 is 38.1 Å². The van der Waals surface area contributed by atoms with Crippen LogP contribution in [0, 0.1) is 0 Å². The minimum absolute atomic E-state index is 0.365. The number of piperazine rings is 1. The molecule has 2 atom stereocenters. The van der Waals surface area contributed by atoms with Crippen molar-refractivity contribution >= 4 is 52.2 Å². The maximum atomic E-state index is 12.4. The number of carbonyl (C=O) groups excluding carboxylic acids is 4. The van der Waals surface area contributed by atoms with Crippen molar-refractivity contribution in [1.82, 2.24) is 14.7 Å². The summed E-state index contributed by atoms with van der Waals surface area (Å²) in [6.45, 7) is 13.6. The molecule has 2 amide bonds. The number of carbonyl (C=O) groups is 4. The highest BCUT2D eigenvalue weighted by molar-refractivity contribution is 9.09. The van der Waals surface area contributed by atoms with Crippen LogP contribution in [0.15, 0.2) is 72.8 Å². The van der Waals surface area contributed by atoms with Crippen LogP contribution in [0.1, 0.15) is 71.9 Å². The van der Waals surface area contributed by atoms with E-state index in [1.54, 1.807) is 0 Å². The van der Waals surface area contributed by atoms with E-state index in [1.165, 1.54) is 29.6 Å². The highest BCUT2D eigenvalue weighted by Gasteiger charge is 2.38. The Morgan fingerprint density at radius 3 is 1.62 bits per heavy atom. The van der Waals surface area contributed by atoms with Gasteiger partial charge in [0.2, 0.25) is 0 Å². The molecule has 2 heterocycles. The number of esters is 2. The number of ether oxygens (including phenoxy) is 4. The number of halogens is 1. The number of likely N-dealkylation sites (tertiary alicyclic amines) is 1. The van der Waals surface area contributed by atoms with Gasteiger partial charge in [-0.3, -0.25) is 14.7 Å². The Hall–Kier alpha value is -4.16. The smallest absolute Gasteiger partial charge is 0.411 e. The third-order valence-corrected chi connectivity index (χ3v) is 8.22. The lowest BCUT2D eigenvalue weighted by Crippen LogP contribution is -2.59. The van der Waals surface area contributed by atoms with E-state index in [0.29, 0.717) is 39.1 Å². The maximum absolute atomic E-state index is 12.4. The standard InChI is InChI=1S/C20H28N2O4.C12H21NO4.C9H9Br/c1-20(2,3)26-19(24)22-14-13-21(15-17(22)18(23)25-4)12-8-11-16-9-6-5-7-10-16;1-12(2,3)17-11(15)13-8-6-5-7-9(13)10(14)16-4;10-8-4-7-9-5-2-1-3-6-9/h5-11,17H,12-15H2,1-4H3;9H,5-8H2,1-4H3;1-7H,8H2/b11-8+;;7-4+/t17-;9-;/m00./s1. The van der Waals surface area contributed by atoms with E-state index in [9.17, 15) is 19.2 Å². The first-order valence-corrected chi connectivity index (χ1v) is 19.1. The van der Waals surface area contributed by atoms with Crippen LogP contribution < -0.4 is 0 Å². The average Bonchev–Trinajstić information content (AvgIpc) is 3.13. The molecule has 2 aromatic rings. The molecule has 0 aromatic heterocycles. The van der Waals surface area contributed by atoms with Gasteiger partial charge < -0.3 is 18.9 Å². The van der Waals surface area contributed by atoms with Gasteiger partial charge in [-0.15, -0.1) is 0 Å². The number of amides is 2. The summed E-state index contributed by atoms with van der Waals surface area (Å²) in [6, 6.07) is 19.1. The zero-order chi connectivity index (χ0) is 39.4. The fourth-order valence-corrected chi connectivity index (χ4v) is 5.57. The van der Waals surface area contributed by atoms with Crippen LogP contribution in [0.3, 0.4) is 0 Å². The number of methoxy groups -OCH3 is 2. The number of nitrogens with zero attached hydrogens (tertiary/aromatic N) is 3. The second-order valence-electron chi connectivity index (χ2n) is 14.5. The van der Waals surface area contributed by atoms with Crippen LogP contribution in [-0.2, 0) is 28.5 Å². The topological polar surface area (TPSA) is 115 Å². The summed E-state index contributed by atoms with van der Waals surface area (Å²) < 4.78 is 20.3. The largest absolute Gasteiger partial charge is 0.467 e. The highest BCUT2D eigenvalue weighted by Crippen LogP contribution is 2.21. The first kappa shape index (κ1) is 45.0. The molecule has 0 saturated carbocycles. The first-order chi connectivity index (χ1) is 25.1. The Morgan fingerprint density at radius 1 is 0.679 bits per heavy atom. The van der Waals surface area contributed by atoms with Crippen LogP contribution in [0.2, 0.25) is 0 Å². The Morgan fingerprint density at radius 2 is 1.15 bits per heavy atom. The lowest BCUT2D eigenvalue weighted by molar-refractivity contribution is -0.149. The summed E-state index contributed by atoms with van der Waals surface area (Å²) in [7, 11) is 2.67. The normalized spacial score (nSPS) is 17.9. The molecule has 0 radical (unpaired) electrons. The van der Waals surface area contributed by atoms with Gasteiger partial charge in [-0.25, -0.2) is 19.2 Å². The molecular formula is C41H58BrN3O8. The molecule has 2 aliphatic heterocycles. The summed E-state index contributed by atoms with van der Waals surface area (Å²) in [6.07, 6.45) is 9.84. The fourth-order valence-electron chi connectivity index (χ4n) is 5.38. The van der Waals surface area contributed by atoms with E-state index in [4.69, 9.17) is 18.9 Å². The fraction of sp³-hybridized carbons (Fsp3) is 0.512. The molecule has 292 valence electrons. The van der Waals surface area contributed by atoms with Crippen molar-refractivity contribution in [3.63, 3.8) is 0 Å². The van der Waals surface area contributed by atoms with Gasteiger partial charge in [-0.2, -0.15) is 0 Å². The van der Waals surface area contributed by atoms with E-state index in [-0.39, 0.29) is 5.97 Å². The van der Waals surface area contributed by atoms with E-state index < -0.39 is 41.4 Å². The second-order valence-corrected chi connectivity index (χ2v) is 15.1. The van der Waals surface area contributed by atoms with Crippen molar-refractivity contribution in [3.05, 3.63) is 83.9 Å². The minimum atomic E-state index is -0.659. The molecule has 2 aromatic carbocycles. The van der Waals surface area contributed by atoms with Crippen molar-refractivity contribution in [3.8, 4) is 0 Å². The molecule has 2 fully saturated rings. The summed E-state index contributed by atoms with van der Waals surface area (Å²) >= 11 is 3.32. The molecule has 2 saturated heterocycles. The maximum Gasteiger partial charge on any atom is 0.411 e. The Balaban J connectivity index is 0.000000307. The molecule has 2 aliphatic rings. The number of rotatable bonds is 7. The highest BCUT2D eigenvalue weighted by atomic mass is 79.9. The van der Waals surface area contributed by atoms with Gasteiger partial charge in [0.1, 0.15) is 23.3 Å². The van der Waals surface area contributed by atoms with Gasteiger partial charge in [0, 0.05) is 38.1 Å². The van der Waals surface area contributed by atoms with E-state index in [2.05, 4.69) is 51.2 Å². The van der Waals surface area contributed by atoms with Crippen LogP contribution in [0.4, 0.5) is 9.59 Å². The summed E-state index contributed by atoms with van der Waals surface area (Å²) in [5.41, 5.74) is 1.23. The molecular weight excluding hydrogens is 742 g/mol. The van der Waals surface area contributed by atoms with Crippen molar-refractivity contribution in [2.45, 2.75) is 84.1 Å². The quantitative estimate of drug-likeness (QED) is 0.157. The van der Waals surface area contributed by atoms with Crippen LogP contribution >= 0.6 is 15.9 Å². The van der Waals surface area contributed by atoms with E-state index in [1.807, 2.05) is 96.1 Å². The second kappa shape index (κ2) is 22.8. The third-order valence-electron chi connectivity index (χ3n) is 7.84. The number of alkyl halides is 1. The lowest BCUT2D eigenvalue weighted by Gasteiger charge is -2.39. The van der Waals surface area contributed by atoms with Gasteiger partial charge in [-0.1, -0.05) is 101 Å². The van der Waals surface area contributed by atoms with Crippen LogP contribution in [0.5, 0.6) is 0 Å². The molecule has 11 nitrogen and oxygen atoms in total. The average molecular weight is 801 g/mol. The van der Waals surface area contributed by atoms with Crippen molar-refractivity contribution in [1.29, 1.82) is 0 Å². The van der Waals surface area contributed by atoms with Gasteiger partial charge in [0.05, 0.1) is 14.2 Å². The monoisotopic (exact) mass is 799 g/mol. The summed E-state index contributed by atoms with van der Waals surface area (Å²) in [5, 5.41) is 0.919. The predicted octanol–water partition coefficient (Wildman–Crippen LogP) is 7.84. The molecule has 0 N–H and O–H groups in total. The molecule has 0 unspecified atom stereocenters. The predicted molar refractivity (Wildman–Crippen MR) is 213 cm³/mol. The SMILES string of the molecule is BrC/C=C/c1ccccc1.COC(=O)[C@@H]1CCCCN1C(=O)OC(C)(C)C.COC(=O)[C@@H]1CN(C/C=C/c2ccccc2)CCN1C(=O)OC(C)(C)C. The minimum Gasteiger partial charge on any atom is -0.467 e. The zero-order valence-corrected chi connectivity index (χ0v) is 34.2. The van der Waals surface area contributed by atoms with Gasteiger partial charge >= 0.3 is 24.1 Å². The van der Waals surface area contributed by atoms with Crippen LogP contribution in [-0.4, -0.2) is 114 Å². The molecule has 0 spiro atoms. The number of allylic oxidation sites excluding steroid dienone is 1. The number of hydrogen-bond acceptors (Lipinski definition) is 9. The summed E-state index contributed by atoms with van der Waals surface area (Å²) in [4.78, 5) is 53.2. The Bertz CT molecular complexity index is 1470.